The number of anilines is 2. The molecule has 6 aromatic rings. The SMILES string of the molecule is COc1cc2c3c(c(-c4c5c6c(cc(OC)c(OC)c6c6ccccc46)CCN5C)c4ccccc4c3c1OC)NCC2. The van der Waals surface area contributed by atoms with Crippen LogP contribution in [0, 0.1) is 0 Å². The van der Waals surface area contributed by atoms with Gasteiger partial charge >= 0.3 is 0 Å². The van der Waals surface area contributed by atoms with Gasteiger partial charge in [0.25, 0.3) is 0 Å². The van der Waals surface area contributed by atoms with Crippen molar-refractivity contribution in [2.75, 3.05) is 58.8 Å². The molecule has 216 valence electrons. The molecule has 2 heterocycles. The Morgan fingerprint density at radius 2 is 1.14 bits per heavy atom. The van der Waals surface area contributed by atoms with E-state index in [1.165, 1.54) is 49.5 Å². The maximum Gasteiger partial charge on any atom is 0.169 e. The zero-order chi connectivity index (χ0) is 29.4. The molecule has 0 radical (unpaired) electrons. The van der Waals surface area contributed by atoms with Gasteiger partial charge in [0.1, 0.15) is 0 Å². The molecule has 0 saturated heterocycles. The van der Waals surface area contributed by atoms with Crippen LogP contribution >= 0.6 is 0 Å². The lowest BCUT2D eigenvalue weighted by Crippen LogP contribution is -2.26. The van der Waals surface area contributed by atoms with Crippen molar-refractivity contribution >= 4 is 54.5 Å². The molecular formula is C37H34N2O4. The van der Waals surface area contributed by atoms with Crippen molar-refractivity contribution in [3.63, 3.8) is 0 Å². The number of nitrogens with zero attached hydrogens (tertiary/aromatic N) is 1. The molecule has 0 unspecified atom stereocenters. The Bertz CT molecular complexity index is 2130. The highest BCUT2D eigenvalue weighted by atomic mass is 16.5. The third kappa shape index (κ3) is 3.40. The number of hydrogen-bond acceptors (Lipinski definition) is 6. The minimum Gasteiger partial charge on any atom is -0.493 e. The Labute approximate surface area is 250 Å². The van der Waals surface area contributed by atoms with Crippen LogP contribution < -0.4 is 29.2 Å². The van der Waals surface area contributed by atoms with Gasteiger partial charge < -0.3 is 29.2 Å². The number of methoxy groups -OCH3 is 4. The fourth-order valence-electron chi connectivity index (χ4n) is 7.70. The normalized spacial score (nSPS) is 13.9. The van der Waals surface area contributed by atoms with E-state index in [9.17, 15) is 0 Å². The van der Waals surface area contributed by atoms with Gasteiger partial charge in [-0.15, -0.1) is 0 Å². The van der Waals surface area contributed by atoms with E-state index in [4.69, 9.17) is 18.9 Å². The predicted molar refractivity (Wildman–Crippen MR) is 177 cm³/mol. The zero-order valence-corrected chi connectivity index (χ0v) is 25.2. The summed E-state index contributed by atoms with van der Waals surface area (Å²) in [4.78, 5) is 2.42. The molecule has 0 aromatic heterocycles. The molecule has 6 heteroatoms. The van der Waals surface area contributed by atoms with Crippen molar-refractivity contribution in [3.8, 4) is 34.1 Å². The first-order valence-corrected chi connectivity index (χ1v) is 14.8. The molecule has 0 bridgehead atoms. The Balaban J connectivity index is 1.66. The largest absolute Gasteiger partial charge is 0.493 e. The van der Waals surface area contributed by atoms with E-state index in [0.29, 0.717) is 0 Å². The Hall–Kier alpha value is -4.84. The van der Waals surface area contributed by atoms with E-state index < -0.39 is 0 Å². The van der Waals surface area contributed by atoms with Gasteiger partial charge in [-0.05, 0) is 57.6 Å². The first kappa shape index (κ1) is 25.8. The van der Waals surface area contributed by atoms with Crippen molar-refractivity contribution in [3.05, 3.63) is 71.8 Å². The number of likely N-dealkylation sites (N-methyl/N-ethyl adjacent to an activating group) is 1. The number of rotatable bonds is 5. The summed E-state index contributed by atoms with van der Waals surface area (Å²) in [6.07, 6.45) is 1.84. The Morgan fingerprint density at radius 3 is 1.72 bits per heavy atom. The maximum absolute atomic E-state index is 6.08. The van der Waals surface area contributed by atoms with Crippen molar-refractivity contribution in [1.82, 2.24) is 0 Å². The molecule has 2 aliphatic rings. The maximum atomic E-state index is 6.08. The summed E-state index contributed by atoms with van der Waals surface area (Å²) >= 11 is 0. The van der Waals surface area contributed by atoms with Crippen LogP contribution in [0.3, 0.4) is 0 Å². The molecule has 0 aliphatic carbocycles. The van der Waals surface area contributed by atoms with Gasteiger partial charge in [-0.25, -0.2) is 0 Å². The highest BCUT2D eigenvalue weighted by molar-refractivity contribution is 6.31. The van der Waals surface area contributed by atoms with Crippen LogP contribution in [0.5, 0.6) is 23.0 Å². The first-order chi connectivity index (χ1) is 21.1. The lowest BCUT2D eigenvalue weighted by Gasteiger charge is -2.34. The Morgan fingerprint density at radius 1 is 0.605 bits per heavy atom. The second-order valence-electron chi connectivity index (χ2n) is 11.5. The van der Waals surface area contributed by atoms with Crippen LogP contribution in [0.1, 0.15) is 11.1 Å². The lowest BCUT2D eigenvalue weighted by atomic mass is 9.81. The standard InChI is InChI=1S/C37H34N2O4/c1-39-17-15-21-19-27(41-3)37(43-5)33-25-13-9-7-11-23(25)31(35(39)29(21)33)30-22-10-6-8-12-24(22)32-28-20(14-16-38-34(28)30)18-26(40-2)36(32)42-4/h6-13,18-19,38H,14-17H2,1-5H3. The molecule has 0 fully saturated rings. The Kier molecular flexibility index (Phi) is 5.77. The molecular weight excluding hydrogens is 536 g/mol. The fraction of sp³-hybridized carbons (Fsp3) is 0.243. The van der Waals surface area contributed by atoms with E-state index in [1.54, 1.807) is 28.4 Å². The second-order valence-corrected chi connectivity index (χ2v) is 11.5. The van der Waals surface area contributed by atoms with Gasteiger partial charge in [-0.1, -0.05) is 48.5 Å². The fourth-order valence-corrected chi connectivity index (χ4v) is 7.70. The molecule has 0 atom stereocenters. The number of nitrogens with one attached hydrogen (secondary N) is 1. The topological polar surface area (TPSA) is 52.2 Å². The van der Waals surface area contributed by atoms with Crippen LogP contribution in [0.4, 0.5) is 11.4 Å². The van der Waals surface area contributed by atoms with Crippen LogP contribution in [-0.2, 0) is 12.8 Å². The predicted octanol–water partition coefficient (Wildman–Crippen LogP) is 7.96. The molecule has 0 spiro atoms. The summed E-state index contributed by atoms with van der Waals surface area (Å²) in [5.74, 6) is 3.10. The lowest BCUT2D eigenvalue weighted by molar-refractivity contribution is 0.358. The summed E-state index contributed by atoms with van der Waals surface area (Å²) in [7, 11) is 9.13. The average Bonchev–Trinajstić information content (AvgIpc) is 3.05. The monoisotopic (exact) mass is 570 g/mol. The van der Waals surface area contributed by atoms with Crippen molar-refractivity contribution in [2.24, 2.45) is 0 Å². The summed E-state index contributed by atoms with van der Waals surface area (Å²) in [6.45, 7) is 1.75. The van der Waals surface area contributed by atoms with Gasteiger partial charge in [0.05, 0.1) is 39.8 Å². The molecule has 0 amide bonds. The molecule has 8 rings (SSSR count). The van der Waals surface area contributed by atoms with Gasteiger partial charge in [0.15, 0.2) is 23.0 Å². The first-order valence-electron chi connectivity index (χ1n) is 14.8. The third-order valence-electron chi connectivity index (χ3n) is 9.45. The van der Waals surface area contributed by atoms with E-state index >= 15 is 0 Å². The van der Waals surface area contributed by atoms with E-state index in [2.05, 4.69) is 77.9 Å². The highest BCUT2D eigenvalue weighted by Crippen LogP contribution is 2.57. The van der Waals surface area contributed by atoms with Crippen LogP contribution in [-0.4, -0.2) is 48.6 Å². The van der Waals surface area contributed by atoms with Crippen molar-refractivity contribution in [2.45, 2.75) is 12.8 Å². The summed E-state index contributed by atoms with van der Waals surface area (Å²) < 4.78 is 23.9. The van der Waals surface area contributed by atoms with Gasteiger partial charge in [-0.3, -0.25) is 0 Å². The molecule has 6 nitrogen and oxygen atoms in total. The van der Waals surface area contributed by atoms with Crippen LogP contribution in [0.2, 0.25) is 0 Å². The zero-order valence-electron chi connectivity index (χ0n) is 25.2. The summed E-state index contributed by atoms with van der Waals surface area (Å²) in [6, 6.07) is 21.8. The molecule has 43 heavy (non-hydrogen) atoms. The van der Waals surface area contributed by atoms with E-state index in [1.807, 2.05) is 0 Å². The number of fused-ring (bicyclic) bond motifs is 4. The average molecular weight is 571 g/mol. The smallest absolute Gasteiger partial charge is 0.169 e. The van der Waals surface area contributed by atoms with Crippen molar-refractivity contribution in [1.29, 1.82) is 0 Å². The van der Waals surface area contributed by atoms with Crippen LogP contribution in [0.15, 0.2) is 60.7 Å². The number of hydrogen-bond donors (Lipinski definition) is 1. The van der Waals surface area contributed by atoms with Gasteiger partial charge in [-0.2, -0.15) is 0 Å². The van der Waals surface area contributed by atoms with E-state index in [0.717, 1.165) is 76.2 Å². The quantitative estimate of drug-likeness (QED) is 0.212. The number of benzene rings is 6. The van der Waals surface area contributed by atoms with Crippen LogP contribution in [0.25, 0.3) is 54.2 Å². The van der Waals surface area contributed by atoms with Gasteiger partial charge in [0.2, 0.25) is 0 Å². The molecule has 1 N–H and O–H groups in total. The van der Waals surface area contributed by atoms with E-state index in [-0.39, 0.29) is 0 Å². The molecule has 2 aliphatic heterocycles. The highest BCUT2D eigenvalue weighted by Gasteiger charge is 2.32. The number of ether oxygens (including phenoxy) is 4. The minimum absolute atomic E-state index is 0.771. The van der Waals surface area contributed by atoms with Gasteiger partial charge in [0, 0.05) is 52.8 Å². The van der Waals surface area contributed by atoms with Crippen molar-refractivity contribution < 1.29 is 18.9 Å². The summed E-state index contributed by atoms with van der Waals surface area (Å²) in [5.41, 5.74) is 7.39. The molecule has 6 aromatic carbocycles. The third-order valence-corrected chi connectivity index (χ3v) is 9.45. The second kappa shape index (κ2) is 9.60. The minimum atomic E-state index is 0.771. The summed E-state index contributed by atoms with van der Waals surface area (Å²) in [5, 5.41) is 13.2. The molecule has 0 saturated carbocycles.